The third-order valence-electron chi connectivity index (χ3n) is 3.85. The molecule has 0 aliphatic carbocycles. The van der Waals surface area contributed by atoms with Crippen LogP contribution in [0.25, 0.3) is 0 Å². The Hall–Kier alpha value is -2.24. The second-order valence-electron chi connectivity index (χ2n) is 6.14. The first kappa shape index (κ1) is 25.8. The highest BCUT2D eigenvalue weighted by Gasteiger charge is 2.39. The van der Waals surface area contributed by atoms with E-state index in [1.807, 2.05) is 0 Å². The molecule has 0 radical (unpaired) electrons. The van der Waals surface area contributed by atoms with E-state index in [-0.39, 0.29) is 24.8 Å². The van der Waals surface area contributed by atoms with Gasteiger partial charge in [-0.05, 0) is 39.2 Å². The lowest BCUT2D eigenvalue weighted by atomic mass is 10.1. The molecule has 1 rings (SSSR count). The number of hydrogen-bond donors (Lipinski definition) is 6. The molecular formula is C16H29ClN6O5. The highest BCUT2D eigenvalue weighted by atomic mass is 35.5. The molecule has 0 aromatic carbocycles. The number of aliphatic carboxylic acids is 1. The number of carboxylic acids is 1. The number of carboxylic acid groups (broad SMARTS) is 1. The van der Waals surface area contributed by atoms with Crippen LogP contribution in [0.1, 0.15) is 32.6 Å². The fraction of sp³-hybridized carbons (Fsp3) is 0.688. The van der Waals surface area contributed by atoms with Gasteiger partial charge in [0.05, 0.1) is 18.0 Å². The van der Waals surface area contributed by atoms with E-state index in [4.69, 9.17) is 33.3 Å². The zero-order chi connectivity index (χ0) is 21.7. The first-order valence-corrected chi connectivity index (χ1v) is 9.36. The molecule has 28 heavy (non-hydrogen) atoms. The summed E-state index contributed by atoms with van der Waals surface area (Å²) in [5, 5.41) is 22.1. The van der Waals surface area contributed by atoms with Crippen LogP contribution < -0.4 is 22.1 Å². The highest BCUT2D eigenvalue weighted by Crippen LogP contribution is 2.16. The topological polar surface area (TPSA) is 192 Å². The molecule has 0 bridgehead atoms. The van der Waals surface area contributed by atoms with Gasteiger partial charge in [0.2, 0.25) is 11.8 Å². The summed E-state index contributed by atoms with van der Waals surface area (Å²) < 4.78 is 0. The van der Waals surface area contributed by atoms with E-state index >= 15 is 0 Å². The van der Waals surface area contributed by atoms with Crippen molar-refractivity contribution >= 4 is 41.6 Å². The summed E-state index contributed by atoms with van der Waals surface area (Å²) in [6.45, 7) is 2.34. The van der Waals surface area contributed by atoms with Gasteiger partial charge < -0.3 is 32.0 Å². The molecule has 0 saturated carbocycles. The molecule has 1 fully saturated rings. The van der Waals surface area contributed by atoms with Crippen LogP contribution in [0.3, 0.4) is 0 Å². The molecule has 1 aliphatic rings. The van der Waals surface area contributed by atoms with Crippen LogP contribution in [0.2, 0.25) is 0 Å². The number of nitrogens with zero attached hydrogens (tertiary/aromatic N) is 1. The smallest absolute Gasteiger partial charge is 0.326 e. The second kappa shape index (κ2) is 13.9. The van der Waals surface area contributed by atoms with E-state index in [0.29, 0.717) is 25.7 Å². The van der Waals surface area contributed by atoms with Crippen molar-refractivity contribution in [3.05, 3.63) is 0 Å². The zero-order valence-electron chi connectivity index (χ0n) is 15.8. The van der Waals surface area contributed by atoms with Gasteiger partial charge in [-0.3, -0.25) is 19.9 Å². The average Bonchev–Trinajstić information content (AvgIpc) is 3.17. The van der Waals surface area contributed by atoms with Crippen LogP contribution in [-0.2, 0) is 19.2 Å². The number of aldehydes is 1. The number of alkyl halides is 1. The number of halogens is 1. The molecule has 1 saturated heterocycles. The molecule has 160 valence electrons. The minimum atomic E-state index is -1.30. The van der Waals surface area contributed by atoms with E-state index in [0.717, 1.165) is 11.3 Å². The van der Waals surface area contributed by atoms with E-state index in [2.05, 4.69) is 10.6 Å². The summed E-state index contributed by atoms with van der Waals surface area (Å²) in [5.74, 6) is -2.64. The number of nitrogens with one attached hydrogen (secondary N) is 3. The minimum Gasteiger partial charge on any atom is -0.480 e. The molecule has 3 atom stereocenters. The van der Waals surface area contributed by atoms with Crippen LogP contribution in [0.4, 0.5) is 0 Å². The number of imide groups is 1. The molecule has 8 N–H and O–H groups in total. The summed E-state index contributed by atoms with van der Waals surface area (Å²) >= 11 is 4.82. The molecule has 1 aliphatic heterocycles. The lowest BCUT2D eigenvalue weighted by Gasteiger charge is -2.30. The van der Waals surface area contributed by atoms with E-state index in [9.17, 15) is 19.5 Å². The Morgan fingerprint density at radius 1 is 1.46 bits per heavy atom. The van der Waals surface area contributed by atoms with Crippen LogP contribution in [-0.4, -0.2) is 77.1 Å². The van der Waals surface area contributed by atoms with Crippen molar-refractivity contribution in [2.45, 2.75) is 50.7 Å². The van der Waals surface area contributed by atoms with Gasteiger partial charge in [-0.2, -0.15) is 0 Å². The van der Waals surface area contributed by atoms with Crippen LogP contribution >= 0.6 is 11.6 Å². The summed E-state index contributed by atoms with van der Waals surface area (Å²) in [4.78, 5) is 46.4. The minimum absolute atomic E-state index is 0.0481. The third kappa shape index (κ3) is 9.11. The molecule has 0 aromatic rings. The van der Waals surface area contributed by atoms with Crippen molar-refractivity contribution < 1.29 is 24.3 Å². The summed E-state index contributed by atoms with van der Waals surface area (Å²) in [5.41, 5.74) is 10.8. The van der Waals surface area contributed by atoms with Crippen molar-refractivity contribution in [2.75, 3.05) is 19.0 Å². The average molecular weight is 421 g/mol. The molecule has 2 amide bonds. The van der Waals surface area contributed by atoms with Gasteiger partial charge in [0.15, 0.2) is 5.96 Å². The number of carbonyl (C=O) groups excluding carboxylic acids is 3. The van der Waals surface area contributed by atoms with Gasteiger partial charge in [0.1, 0.15) is 12.3 Å². The quantitative estimate of drug-likeness (QED) is 0.0853. The van der Waals surface area contributed by atoms with Crippen LogP contribution in [0, 0.1) is 5.41 Å². The maximum absolute atomic E-state index is 12.6. The highest BCUT2D eigenvalue weighted by molar-refractivity contribution is 6.24. The fourth-order valence-electron chi connectivity index (χ4n) is 2.58. The number of amides is 2. The van der Waals surface area contributed by atoms with Gasteiger partial charge in [0.25, 0.3) is 0 Å². The van der Waals surface area contributed by atoms with Crippen molar-refractivity contribution in [3.63, 3.8) is 0 Å². The number of hydrogen-bond acceptors (Lipinski definition) is 7. The number of carbonyl (C=O) groups is 4. The van der Waals surface area contributed by atoms with Crippen molar-refractivity contribution in [1.29, 1.82) is 5.41 Å². The van der Waals surface area contributed by atoms with Crippen molar-refractivity contribution in [3.8, 4) is 0 Å². The van der Waals surface area contributed by atoms with Gasteiger partial charge in [-0.15, -0.1) is 11.6 Å². The summed E-state index contributed by atoms with van der Waals surface area (Å²) in [6.07, 6.45) is 2.36. The molecular weight excluding hydrogens is 392 g/mol. The molecule has 12 heteroatoms. The second-order valence-corrected chi connectivity index (χ2v) is 6.45. The predicted octanol–water partition coefficient (Wildman–Crippen LogP) is -1.42. The Labute approximate surface area is 168 Å². The normalized spacial score (nSPS) is 17.5. The Morgan fingerprint density at radius 2 is 2.07 bits per heavy atom. The largest absolute Gasteiger partial charge is 0.480 e. The Bertz CT molecular complexity index is 554. The van der Waals surface area contributed by atoms with Crippen LogP contribution in [0.15, 0.2) is 0 Å². The standard InChI is InChI=1S/C14H26N6O4.C2H3ClO/c1-8(15)11(21)20(12(22)9-4-2-6-18-9)10(13(23)24)5-3-7-19-14(16)17;3-1-2-4/h8-10,18H,2-7,15H2,1H3,(H,23,24)(H4,16,17,19);2H,1H2. The van der Waals surface area contributed by atoms with Crippen molar-refractivity contribution in [2.24, 2.45) is 11.5 Å². The molecule has 3 unspecified atom stereocenters. The van der Waals surface area contributed by atoms with E-state index in [1.165, 1.54) is 6.92 Å². The summed E-state index contributed by atoms with van der Waals surface area (Å²) in [6, 6.07) is -2.84. The van der Waals surface area contributed by atoms with E-state index in [1.54, 1.807) is 0 Å². The summed E-state index contributed by atoms with van der Waals surface area (Å²) in [7, 11) is 0. The van der Waals surface area contributed by atoms with Gasteiger partial charge in [0, 0.05) is 6.54 Å². The zero-order valence-corrected chi connectivity index (χ0v) is 16.6. The number of guanidine groups is 1. The fourth-order valence-corrected chi connectivity index (χ4v) is 2.58. The lowest BCUT2D eigenvalue weighted by Crippen LogP contribution is -2.57. The predicted molar refractivity (Wildman–Crippen MR) is 104 cm³/mol. The Kier molecular flexibility index (Phi) is 12.7. The number of nitrogens with two attached hydrogens (primary N) is 2. The number of rotatable bonds is 9. The first-order chi connectivity index (χ1) is 13.2. The van der Waals surface area contributed by atoms with Crippen molar-refractivity contribution in [1.82, 2.24) is 15.5 Å². The first-order valence-electron chi connectivity index (χ1n) is 8.83. The maximum atomic E-state index is 12.6. The van der Waals surface area contributed by atoms with Gasteiger partial charge in [-0.1, -0.05) is 0 Å². The molecule has 0 spiro atoms. The molecule has 0 aromatic heterocycles. The Morgan fingerprint density at radius 3 is 2.46 bits per heavy atom. The van der Waals surface area contributed by atoms with Crippen LogP contribution in [0.5, 0.6) is 0 Å². The Balaban J connectivity index is 0.00000165. The maximum Gasteiger partial charge on any atom is 0.326 e. The molecule has 1 heterocycles. The van der Waals surface area contributed by atoms with Gasteiger partial charge >= 0.3 is 5.97 Å². The van der Waals surface area contributed by atoms with Gasteiger partial charge in [-0.25, -0.2) is 4.79 Å². The SMILES string of the molecule is CC(N)C(=O)N(C(=O)C1CCCN1)C(CCCNC(=N)N)C(=O)O.O=CCCl. The third-order valence-corrected chi connectivity index (χ3v) is 3.98. The molecule has 11 nitrogen and oxygen atoms in total. The monoisotopic (exact) mass is 420 g/mol. The van der Waals surface area contributed by atoms with E-state index < -0.39 is 35.9 Å². The lowest BCUT2D eigenvalue weighted by molar-refractivity contribution is -0.159.